The molecule has 0 aliphatic heterocycles. The van der Waals surface area contributed by atoms with E-state index in [0.29, 0.717) is 4.63 Å². The summed E-state index contributed by atoms with van der Waals surface area (Å²) in [6, 6.07) is 2.33. The fourth-order valence-corrected chi connectivity index (χ4v) is 1.86. The van der Waals surface area contributed by atoms with Gasteiger partial charge in [0.1, 0.15) is 4.92 Å². The molecule has 13 heteroatoms. The molecule has 0 fully saturated rings. The molecule has 3 aromatic heterocycles. The van der Waals surface area contributed by atoms with Crippen LogP contribution in [0.15, 0.2) is 18.3 Å². The zero-order chi connectivity index (χ0) is 15.3. The number of nitro groups is 3. The van der Waals surface area contributed by atoms with Crippen molar-refractivity contribution in [3.63, 3.8) is 0 Å². The van der Waals surface area contributed by atoms with Crippen LogP contribution in [0, 0.1) is 30.3 Å². The molecule has 3 rings (SSSR count). The second-order valence-electron chi connectivity index (χ2n) is 3.86. The summed E-state index contributed by atoms with van der Waals surface area (Å²) in [5.74, 6) is -1.36. The summed E-state index contributed by atoms with van der Waals surface area (Å²) in [4.78, 5) is 33.5. The molecule has 0 radical (unpaired) electrons. The molecule has 0 unspecified atom stereocenters. The number of aromatic nitrogens is 4. The monoisotopic (exact) mass is 293 g/mol. The predicted octanol–water partition coefficient (Wildman–Crippen LogP) is -0.245. The zero-order valence-electron chi connectivity index (χ0n) is 9.81. The summed E-state index contributed by atoms with van der Waals surface area (Å²) in [6.07, 6.45) is 0.837. The van der Waals surface area contributed by atoms with E-state index in [2.05, 4.69) is 10.1 Å². The average Bonchev–Trinajstić information content (AvgIpc) is 2.92. The van der Waals surface area contributed by atoms with E-state index in [-0.39, 0.29) is 11.2 Å². The van der Waals surface area contributed by atoms with E-state index in [1.807, 2.05) is 0 Å². The van der Waals surface area contributed by atoms with Gasteiger partial charge in [-0.05, 0) is 20.6 Å². The number of rotatable bonds is 3. The molecule has 13 nitrogen and oxygen atoms in total. The molecule has 21 heavy (non-hydrogen) atoms. The lowest BCUT2D eigenvalue weighted by Gasteiger charge is -1.90. The minimum Gasteiger partial charge on any atom is -0.358 e. The molecular weight excluding hydrogens is 290 g/mol. The summed E-state index contributed by atoms with van der Waals surface area (Å²) >= 11 is 0. The molecule has 0 N–H and O–H groups in total. The highest BCUT2D eigenvalue weighted by Crippen LogP contribution is 2.24. The first-order chi connectivity index (χ1) is 9.90. The first-order valence-corrected chi connectivity index (χ1v) is 5.24. The SMILES string of the molecule is O=[N+]([O-])c1ccc2[n-][n+]3c([N+](=O)[O-])c([N+](=O)[O-])cn3c2n1. The Morgan fingerprint density at radius 2 is 1.81 bits per heavy atom. The third kappa shape index (κ3) is 1.64. The highest BCUT2D eigenvalue weighted by molar-refractivity contribution is 5.70. The van der Waals surface area contributed by atoms with Crippen LogP contribution in [0.2, 0.25) is 0 Å². The molecule has 106 valence electrons. The molecule has 0 aromatic carbocycles. The van der Waals surface area contributed by atoms with E-state index in [1.54, 1.807) is 0 Å². The van der Waals surface area contributed by atoms with Crippen molar-refractivity contribution in [2.75, 3.05) is 0 Å². The van der Waals surface area contributed by atoms with Crippen LogP contribution in [0.3, 0.4) is 0 Å². The molecule has 3 heterocycles. The van der Waals surface area contributed by atoms with E-state index in [0.717, 1.165) is 16.8 Å². The molecular formula is C8H3N7O6. The second-order valence-corrected chi connectivity index (χ2v) is 3.86. The van der Waals surface area contributed by atoms with Gasteiger partial charge in [0.2, 0.25) is 5.65 Å². The third-order valence-corrected chi connectivity index (χ3v) is 2.68. The van der Waals surface area contributed by atoms with Gasteiger partial charge in [-0.2, -0.15) is 9.61 Å². The number of hydrogen-bond acceptors (Lipinski definition) is 7. The molecule has 0 aliphatic rings. The van der Waals surface area contributed by atoms with Gasteiger partial charge < -0.3 is 10.1 Å². The van der Waals surface area contributed by atoms with Gasteiger partial charge in [0.15, 0.2) is 0 Å². The number of pyridine rings is 1. The Labute approximate surface area is 112 Å². The Kier molecular flexibility index (Phi) is 2.32. The summed E-state index contributed by atoms with van der Waals surface area (Å²) < 4.78 is 1.58. The Morgan fingerprint density at radius 3 is 2.38 bits per heavy atom. The standard InChI is InChI=1S/C8H3N7O6/c16-13(17)5-3-11-7-4(1-2-6(9-7)14(18)19)10-12(11)8(5)15(20)21/h1-3H. The fraction of sp³-hybridized carbons (Fsp3) is 0. The molecule has 3 aromatic rings. The minimum atomic E-state index is -0.960. The van der Waals surface area contributed by atoms with Gasteiger partial charge in [-0.1, -0.05) is 0 Å². The van der Waals surface area contributed by atoms with Crippen molar-refractivity contribution < 1.29 is 19.4 Å². The molecule has 0 amide bonds. The predicted molar refractivity (Wildman–Crippen MR) is 61.6 cm³/mol. The highest BCUT2D eigenvalue weighted by atomic mass is 16.6. The van der Waals surface area contributed by atoms with Crippen LogP contribution in [-0.2, 0) is 0 Å². The topological polar surface area (TPSA) is 165 Å². The van der Waals surface area contributed by atoms with E-state index < -0.39 is 32.1 Å². The Balaban J connectivity index is 2.43. The third-order valence-electron chi connectivity index (χ3n) is 2.68. The molecule has 0 atom stereocenters. The Hall–Kier alpha value is -3.64. The normalized spacial score (nSPS) is 11.0. The van der Waals surface area contributed by atoms with Gasteiger partial charge in [0, 0.05) is 6.07 Å². The molecule has 0 saturated heterocycles. The van der Waals surface area contributed by atoms with E-state index in [9.17, 15) is 30.3 Å². The lowest BCUT2D eigenvalue weighted by molar-refractivity contribution is -0.717. The highest BCUT2D eigenvalue weighted by Gasteiger charge is 2.38. The van der Waals surface area contributed by atoms with Crippen LogP contribution in [0.25, 0.3) is 11.2 Å². The van der Waals surface area contributed by atoms with Crippen molar-refractivity contribution in [1.29, 1.82) is 0 Å². The molecule has 0 spiro atoms. The summed E-state index contributed by atoms with van der Waals surface area (Å²) in [5.41, 5.74) is -0.762. The first kappa shape index (κ1) is 12.4. The molecule has 0 aliphatic carbocycles. The first-order valence-electron chi connectivity index (χ1n) is 5.24. The number of fused-ring (bicyclic) bond motifs is 3. The zero-order valence-corrected chi connectivity index (χ0v) is 9.81. The number of hydrogen-bond donors (Lipinski definition) is 0. The van der Waals surface area contributed by atoms with Gasteiger partial charge in [0.05, 0.1) is 16.6 Å². The van der Waals surface area contributed by atoms with E-state index in [4.69, 9.17) is 0 Å². The Bertz CT molecular complexity index is 940. The Morgan fingerprint density at radius 1 is 1.10 bits per heavy atom. The molecule has 0 saturated carbocycles. The summed E-state index contributed by atoms with van der Waals surface area (Å²) in [6.45, 7) is 0. The van der Waals surface area contributed by atoms with Crippen molar-refractivity contribution in [3.8, 4) is 0 Å². The fourth-order valence-electron chi connectivity index (χ4n) is 1.86. The van der Waals surface area contributed by atoms with Crippen LogP contribution >= 0.6 is 0 Å². The smallest absolute Gasteiger partial charge is 0.358 e. The van der Waals surface area contributed by atoms with Crippen LogP contribution in [0.4, 0.5) is 17.3 Å². The van der Waals surface area contributed by atoms with Crippen LogP contribution < -0.4 is 9.73 Å². The van der Waals surface area contributed by atoms with Crippen molar-refractivity contribution in [2.45, 2.75) is 0 Å². The van der Waals surface area contributed by atoms with Crippen molar-refractivity contribution in [2.24, 2.45) is 0 Å². The second kappa shape index (κ2) is 3.92. The summed E-state index contributed by atoms with van der Waals surface area (Å²) in [7, 11) is 0. The lowest BCUT2D eigenvalue weighted by atomic mass is 10.4. The van der Waals surface area contributed by atoms with E-state index in [1.165, 1.54) is 6.07 Å². The maximum atomic E-state index is 11.0. The van der Waals surface area contributed by atoms with Gasteiger partial charge in [-0.25, -0.2) is 0 Å². The summed E-state index contributed by atoms with van der Waals surface area (Å²) in [5, 5.41) is 36.2. The van der Waals surface area contributed by atoms with Crippen LogP contribution in [-0.4, -0.2) is 24.3 Å². The van der Waals surface area contributed by atoms with Gasteiger partial charge in [-0.15, -0.1) is 0 Å². The van der Waals surface area contributed by atoms with Crippen LogP contribution in [0.1, 0.15) is 0 Å². The quantitative estimate of drug-likeness (QED) is 0.362. The average molecular weight is 293 g/mol. The van der Waals surface area contributed by atoms with Crippen molar-refractivity contribution in [3.05, 3.63) is 48.7 Å². The van der Waals surface area contributed by atoms with Crippen LogP contribution in [0.5, 0.6) is 0 Å². The largest absolute Gasteiger partial charge is 0.600 e. The van der Waals surface area contributed by atoms with E-state index >= 15 is 0 Å². The van der Waals surface area contributed by atoms with Gasteiger partial charge in [-0.3, -0.25) is 20.2 Å². The number of nitrogens with zero attached hydrogens (tertiary/aromatic N) is 7. The lowest BCUT2D eigenvalue weighted by Crippen LogP contribution is -2.32. The maximum absolute atomic E-state index is 11.0. The van der Waals surface area contributed by atoms with Gasteiger partial charge in [0.25, 0.3) is 0 Å². The van der Waals surface area contributed by atoms with Gasteiger partial charge >= 0.3 is 17.3 Å². The van der Waals surface area contributed by atoms with Crippen molar-refractivity contribution in [1.82, 2.24) is 14.6 Å². The molecule has 0 bridgehead atoms. The minimum absolute atomic E-state index is 0.0969. The van der Waals surface area contributed by atoms with Crippen molar-refractivity contribution >= 4 is 28.5 Å². The maximum Gasteiger partial charge on any atom is 0.600 e.